The topological polar surface area (TPSA) is 64.4 Å². The van der Waals surface area contributed by atoms with Gasteiger partial charge in [0, 0.05) is 7.05 Å². The van der Waals surface area contributed by atoms with Gasteiger partial charge in [0.05, 0.1) is 35.0 Å². The Bertz CT molecular complexity index is 1390. The van der Waals surface area contributed by atoms with Crippen molar-refractivity contribution < 1.29 is 13.9 Å². The van der Waals surface area contributed by atoms with Crippen LogP contribution in [0.15, 0.2) is 82.7 Å². The molecule has 0 spiro atoms. The number of thioether (sulfide) groups is 1. The average Bonchev–Trinajstić information content (AvgIpc) is 2.88. The van der Waals surface area contributed by atoms with Crippen LogP contribution in [0.2, 0.25) is 0 Å². The van der Waals surface area contributed by atoms with Crippen molar-refractivity contribution in [3.8, 4) is 11.4 Å². The summed E-state index contributed by atoms with van der Waals surface area (Å²) in [7, 11) is 1.71. The third-order valence-corrected chi connectivity index (χ3v) is 6.73. The predicted octanol–water partition coefficient (Wildman–Crippen LogP) is 5.24. The molecule has 1 atom stereocenters. The maximum Gasteiger partial charge on any atom is 0.266 e. The first-order valence-electron chi connectivity index (χ1n) is 11.3. The van der Waals surface area contributed by atoms with Crippen molar-refractivity contribution in [3.63, 3.8) is 0 Å². The smallest absolute Gasteiger partial charge is 0.266 e. The lowest BCUT2D eigenvalue weighted by atomic mass is 10.1. The molecule has 1 heterocycles. The summed E-state index contributed by atoms with van der Waals surface area (Å²) in [5.41, 5.74) is 1.84. The molecule has 6 nitrogen and oxygen atoms in total. The van der Waals surface area contributed by atoms with E-state index in [1.54, 1.807) is 66.5 Å². The van der Waals surface area contributed by atoms with Crippen molar-refractivity contribution in [3.05, 3.63) is 94.5 Å². The fourth-order valence-corrected chi connectivity index (χ4v) is 4.64. The number of aromatic nitrogens is 2. The molecular weight excluding hydrogens is 465 g/mol. The molecule has 1 amide bonds. The second-order valence-electron chi connectivity index (χ2n) is 8.00. The lowest BCUT2D eigenvalue weighted by molar-refractivity contribution is -0.128. The van der Waals surface area contributed by atoms with Crippen molar-refractivity contribution in [2.45, 2.75) is 25.0 Å². The van der Waals surface area contributed by atoms with Gasteiger partial charge in [-0.1, -0.05) is 36.0 Å². The minimum absolute atomic E-state index is 0.0871. The van der Waals surface area contributed by atoms with E-state index in [9.17, 15) is 14.0 Å². The van der Waals surface area contributed by atoms with Gasteiger partial charge in [-0.3, -0.25) is 14.2 Å². The van der Waals surface area contributed by atoms with E-state index in [0.29, 0.717) is 34.1 Å². The summed E-state index contributed by atoms with van der Waals surface area (Å²) < 4.78 is 20.3. The summed E-state index contributed by atoms with van der Waals surface area (Å²) in [6.45, 7) is 4.34. The molecule has 1 aromatic heterocycles. The van der Waals surface area contributed by atoms with Crippen LogP contribution in [-0.2, 0) is 4.79 Å². The van der Waals surface area contributed by atoms with E-state index in [2.05, 4.69) is 0 Å². The monoisotopic (exact) mass is 491 g/mol. The van der Waals surface area contributed by atoms with E-state index in [1.807, 2.05) is 19.9 Å². The van der Waals surface area contributed by atoms with Gasteiger partial charge in [0.15, 0.2) is 5.16 Å². The summed E-state index contributed by atoms with van der Waals surface area (Å²) in [5, 5.41) is 0.924. The van der Waals surface area contributed by atoms with Crippen molar-refractivity contribution in [1.82, 2.24) is 14.5 Å². The third-order valence-electron chi connectivity index (χ3n) is 5.80. The Labute approximate surface area is 207 Å². The van der Waals surface area contributed by atoms with Gasteiger partial charge in [0.1, 0.15) is 11.6 Å². The number of nitrogens with zero attached hydrogens (tertiary/aromatic N) is 3. The second-order valence-corrected chi connectivity index (χ2v) is 8.94. The van der Waals surface area contributed by atoms with Crippen LogP contribution in [0.1, 0.15) is 25.5 Å². The van der Waals surface area contributed by atoms with Crippen LogP contribution >= 0.6 is 11.8 Å². The number of rotatable bonds is 8. The van der Waals surface area contributed by atoms with Gasteiger partial charge in [0.25, 0.3) is 5.56 Å². The molecule has 0 aliphatic rings. The van der Waals surface area contributed by atoms with Crippen LogP contribution in [0.25, 0.3) is 16.6 Å². The molecule has 0 bridgehead atoms. The number of carbonyl (C=O) groups is 1. The summed E-state index contributed by atoms with van der Waals surface area (Å²) in [4.78, 5) is 32.7. The number of fused-ring (bicyclic) bond motifs is 1. The van der Waals surface area contributed by atoms with Crippen molar-refractivity contribution in [1.29, 1.82) is 0 Å². The van der Waals surface area contributed by atoms with Crippen LogP contribution in [-0.4, -0.2) is 39.8 Å². The predicted molar refractivity (Wildman–Crippen MR) is 137 cm³/mol. The maximum absolute atomic E-state index is 13.4. The molecule has 0 aliphatic carbocycles. The van der Waals surface area contributed by atoms with Crippen LogP contribution in [0.4, 0.5) is 4.39 Å². The molecule has 4 rings (SSSR count). The zero-order valence-corrected chi connectivity index (χ0v) is 20.6. The number of benzene rings is 3. The van der Waals surface area contributed by atoms with Crippen LogP contribution in [0, 0.1) is 5.82 Å². The molecule has 0 fully saturated rings. The van der Waals surface area contributed by atoms with Gasteiger partial charge in [-0.15, -0.1) is 0 Å². The molecule has 35 heavy (non-hydrogen) atoms. The third kappa shape index (κ3) is 5.38. The molecule has 180 valence electrons. The largest absolute Gasteiger partial charge is 0.494 e. The molecule has 0 N–H and O–H groups in total. The van der Waals surface area contributed by atoms with Crippen molar-refractivity contribution in [2.75, 3.05) is 19.4 Å². The molecule has 4 aromatic rings. The fraction of sp³-hybridized carbons (Fsp3) is 0.222. The van der Waals surface area contributed by atoms with E-state index >= 15 is 0 Å². The molecule has 8 heteroatoms. The Hall–Kier alpha value is -3.65. The number of hydrogen-bond donors (Lipinski definition) is 0. The quantitative estimate of drug-likeness (QED) is 0.249. The number of halogens is 1. The van der Waals surface area contributed by atoms with E-state index in [0.717, 1.165) is 5.56 Å². The highest BCUT2D eigenvalue weighted by molar-refractivity contribution is 7.99. The number of ether oxygens (including phenoxy) is 1. The molecule has 0 saturated carbocycles. The summed E-state index contributed by atoms with van der Waals surface area (Å²) >= 11 is 1.21. The van der Waals surface area contributed by atoms with Gasteiger partial charge in [-0.2, -0.15) is 0 Å². The minimum Gasteiger partial charge on any atom is -0.494 e. The van der Waals surface area contributed by atoms with Gasteiger partial charge in [-0.05, 0) is 67.9 Å². The number of hydrogen-bond acceptors (Lipinski definition) is 5. The highest BCUT2D eigenvalue weighted by Crippen LogP contribution is 2.25. The zero-order chi connectivity index (χ0) is 24.9. The standard InChI is InChI=1S/C27H26FN3O3S/c1-4-34-22-15-13-21(14-16-22)31-26(33)23-7-5-6-8-24(23)29-27(31)35-17-25(32)30(3)18(2)19-9-11-20(28)12-10-19/h5-16,18H,4,17H2,1-3H3. The lowest BCUT2D eigenvalue weighted by Crippen LogP contribution is -2.31. The molecular formula is C27H26FN3O3S. The lowest BCUT2D eigenvalue weighted by Gasteiger charge is -2.25. The van der Waals surface area contributed by atoms with E-state index < -0.39 is 0 Å². The first kappa shape index (κ1) is 24.5. The number of carbonyl (C=O) groups excluding carboxylic acids is 1. The number of para-hydroxylation sites is 1. The SMILES string of the molecule is CCOc1ccc(-n2c(SCC(=O)N(C)C(C)c3ccc(F)cc3)nc3ccccc3c2=O)cc1. The van der Waals surface area contributed by atoms with Crippen molar-refractivity contribution >= 4 is 28.6 Å². The molecule has 0 radical (unpaired) electrons. The molecule has 1 unspecified atom stereocenters. The normalized spacial score (nSPS) is 11.9. The van der Waals surface area contributed by atoms with E-state index in [-0.39, 0.29) is 29.1 Å². The Kier molecular flexibility index (Phi) is 7.51. The van der Waals surface area contributed by atoms with Gasteiger partial charge >= 0.3 is 0 Å². The summed E-state index contributed by atoms with van der Waals surface area (Å²) in [6, 6.07) is 20.2. The zero-order valence-electron chi connectivity index (χ0n) is 19.8. The molecule has 0 aliphatic heterocycles. The average molecular weight is 492 g/mol. The van der Waals surface area contributed by atoms with Gasteiger partial charge in [0.2, 0.25) is 5.91 Å². The van der Waals surface area contributed by atoms with Crippen LogP contribution < -0.4 is 10.3 Å². The highest BCUT2D eigenvalue weighted by atomic mass is 32.2. The minimum atomic E-state index is -0.319. The number of amides is 1. The summed E-state index contributed by atoms with van der Waals surface area (Å²) in [5.74, 6) is 0.343. The Morgan fingerprint density at radius 2 is 1.77 bits per heavy atom. The van der Waals surface area contributed by atoms with E-state index in [4.69, 9.17) is 9.72 Å². The van der Waals surface area contributed by atoms with E-state index in [1.165, 1.54) is 28.5 Å². The van der Waals surface area contributed by atoms with Gasteiger partial charge in [-0.25, -0.2) is 9.37 Å². The first-order valence-corrected chi connectivity index (χ1v) is 12.3. The maximum atomic E-state index is 13.4. The van der Waals surface area contributed by atoms with Crippen LogP contribution in [0.3, 0.4) is 0 Å². The summed E-state index contributed by atoms with van der Waals surface area (Å²) in [6.07, 6.45) is 0. The Morgan fingerprint density at radius 3 is 2.46 bits per heavy atom. The Balaban J connectivity index is 1.62. The fourth-order valence-electron chi connectivity index (χ4n) is 3.70. The Morgan fingerprint density at radius 1 is 1.09 bits per heavy atom. The first-order chi connectivity index (χ1) is 16.9. The molecule has 3 aromatic carbocycles. The van der Waals surface area contributed by atoms with Crippen LogP contribution in [0.5, 0.6) is 5.75 Å². The molecule has 0 saturated heterocycles. The second kappa shape index (κ2) is 10.7. The van der Waals surface area contributed by atoms with Crippen molar-refractivity contribution in [2.24, 2.45) is 0 Å². The van der Waals surface area contributed by atoms with Gasteiger partial charge < -0.3 is 9.64 Å². The highest BCUT2D eigenvalue weighted by Gasteiger charge is 2.20.